The second kappa shape index (κ2) is 6.32. The molecule has 96 valence electrons. The van der Waals surface area contributed by atoms with Crippen LogP contribution in [0.5, 0.6) is 0 Å². The summed E-state index contributed by atoms with van der Waals surface area (Å²) >= 11 is 7.61. The van der Waals surface area contributed by atoms with E-state index < -0.39 is 0 Å². The summed E-state index contributed by atoms with van der Waals surface area (Å²) in [5.74, 6) is 0. The Morgan fingerprint density at radius 3 is 2.83 bits per heavy atom. The number of pyridine rings is 1. The summed E-state index contributed by atoms with van der Waals surface area (Å²) in [5, 5.41) is 3.48. The van der Waals surface area contributed by atoms with E-state index >= 15 is 0 Å². The van der Waals surface area contributed by atoms with Gasteiger partial charge in [-0.05, 0) is 43.3 Å². The van der Waals surface area contributed by atoms with E-state index in [9.17, 15) is 0 Å². The van der Waals surface area contributed by atoms with Gasteiger partial charge < -0.3 is 5.32 Å². The van der Waals surface area contributed by atoms with E-state index in [0.29, 0.717) is 0 Å². The second-order valence-corrected chi connectivity index (χ2v) is 6.08. The number of nitrogens with zero attached hydrogens (tertiary/aromatic N) is 1. The zero-order chi connectivity index (χ0) is 13.0. The first kappa shape index (κ1) is 13.5. The van der Waals surface area contributed by atoms with Crippen LogP contribution in [0, 0.1) is 6.92 Å². The van der Waals surface area contributed by atoms with Crippen LogP contribution in [0.25, 0.3) is 0 Å². The molecule has 0 radical (unpaired) electrons. The Hall–Kier alpha value is -0.900. The van der Waals surface area contributed by atoms with Crippen LogP contribution in [0.3, 0.4) is 0 Å². The zero-order valence-corrected chi connectivity index (χ0v) is 12.2. The first-order valence-electron chi connectivity index (χ1n) is 6.09. The van der Waals surface area contributed by atoms with Gasteiger partial charge in [0.25, 0.3) is 0 Å². The lowest BCUT2D eigenvalue weighted by atomic mass is 10.1. The smallest absolute Gasteiger partial charge is 0.0931 e. The number of halogens is 1. The summed E-state index contributed by atoms with van der Waals surface area (Å²) < 4.78 is 0.845. The Bertz CT molecular complexity index is 510. The van der Waals surface area contributed by atoms with Crippen molar-refractivity contribution in [1.29, 1.82) is 0 Å². The van der Waals surface area contributed by atoms with Gasteiger partial charge in [-0.3, -0.25) is 4.98 Å². The summed E-state index contributed by atoms with van der Waals surface area (Å²) in [6, 6.07) is 8.46. The predicted octanol–water partition coefficient (Wildman–Crippen LogP) is 4.00. The van der Waals surface area contributed by atoms with E-state index in [1.54, 1.807) is 11.3 Å². The summed E-state index contributed by atoms with van der Waals surface area (Å²) in [6.07, 6.45) is 2.80. The highest BCUT2D eigenvalue weighted by molar-refractivity contribution is 7.16. The third-order valence-corrected chi connectivity index (χ3v) is 4.03. The van der Waals surface area contributed by atoms with Crippen LogP contribution in [0.1, 0.15) is 29.1 Å². The normalized spacial score (nSPS) is 12.6. The molecule has 0 aliphatic rings. The van der Waals surface area contributed by atoms with Crippen molar-refractivity contribution in [1.82, 2.24) is 10.3 Å². The highest BCUT2D eigenvalue weighted by Crippen LogP contribution is 2.26. The van der Waals surface area contributed by atoms with Gasteiger partial charge in [-0.1, -0.05) is 18.5 Å². The van der Waals surface area contributed by atoms with Crippen molar-refractivity contribution in [3.8, 4) is 0 Å². The Morgan fingerprint density at radius 1 is 1.39 bits per heavy atom. The number of thiophene rings is 1. The van der Waals surface area contributed by atoms with Crippen LogP contribution in [0.15, 0.2) is 30.5 Å². The molecule has 4 heteroatoms. The molecule has 1 atom stereocenters. The fourth-order valence-corrected chi connectivity index (χ4v) is 3.07. The van der Waals surface area contributed by atoms with Crippen molar-refractivity contribution >= 4 is 22.9 Å². The Labute approximate surface area is 117 Å². The molecule has 1 unspecified atom stereocenters. The predicted molar refractivity (Wildman–Crippen MR) is 78.4 cm³/mol. The minimum Gasteiger partial charge on any atom is -0.309 e. The topological polar surface area (TPSA) is 24.9 Å². The van der Waals surface area contributed by atoms with Crippen molar-refractivity contribution in [3.63, 3.8) is 0 Å². The first-order valence-corrected chi connectivity index (χ1v) is 7.28. The van der Waals surface area contributed by atoms with Gasteiger partial charge >= 0.3 is 0 Å². The van der Waals surface area contributed by atoms with Gasteiger partial charge in [-0.25, -0.2) is 0 Å². The fraction of sp³-hybridized carbons (Fsp3) is 0.357. The lowest BCUT2D eigenvalue weighted by molar-refractivity contribution is 0.539. The third kappa shape index (κ3) is 3.55. The maximum absolute atomic E-state index is 5.97. The van der Waals surface area contributed by atoms with Crippen molar-refractivity contribution in [3.05, 3.63) is 50.9 Å². The average molecular weight is 281 g/mol. The summed E-state index contributed by atoms with van der Waals surface area (Å²) in [5.41, 5.74) is 2.34. The summed E-state index contributed by atoms with van der Waals surface area (Å²) in [7, 11) is 0. The number of likely N-dealkylation sites (N-methyl/N-ethyl adjacent to an activating group) is 1. The lowest BCUT2D eigenvalue weighted by Crippen LogP contribution is -2.23. The van der Waals surface area contributed by atoms with Crippen molar-refractivity contribution < 1.29 is 0 Å². The number of hydrogen-bond donors (Lipinski definition) is 1. The average Bonchev–Trinajstić information content (AvgIpc) is 2.74. The van der Waals surface area contributed by atoms with Crippen molar-refractivity contribution in [2.75, 3.05) is 6.54 Å². The third-order valence-electron chi connectivity index (χ3n) is 2.78. The molecule has 0 spiro atoms. The molecule has 2 heterocycles. The minimum atomic E-state index is 0.254. The molecule has 1 N–H and O–H groups in total. The molecule has 2 aromatic heterocycles. The largest absolute Gasteiger partial charge is 0.309 e. The molecule has 18 heavy (non-hydrogen) atoms. The number of rotatable bonds is 5. The zero-order valence-electron chi connectivity index (χ0n) is 10.6. The van der Waals surface area contributed by atoms with E-state index in [1.165, 1.54) is 10.4 Å². The fourth-order valence-electron chi connectivity index (χ4n) is 1.94. The molecule has 0 aliphatic carbocycles. The second-order valence-electron chi connectivity index (χ2n) is 4.28. The van der Waals surface area contributed by atoms with Gasteiger partial charge in [0.2, 0.25) is 0 Å². The van der Waals surface area contributed by atoms with Crippen LogP contribution in [0.4, 0.5) is 0 Å². The Balaban J connectivity index is 2.17. The molecule has 0 aliphatic heterocycles. The van der Waals surface area contributed by atoms with Crippen LogP contribution in [0.2, 0.25) is 4.34 Å². The van der Waals surface area contributed by atoms with E-state index in [-0.39, 0.29) is 6.04 Å². The summed E-state index contributed by atoms with van der Waals surface area (Å²) in [4.78, 5) is 5.76. The molecule has 0 saturated heterocycles. The van der Waals surface area contributed by atoms with Crippen molar-refractivity contribution in [2.45, 2.75) is 26.3 Å². The highest BCUT2D eigenvalue weighted by Gasteiger charge is 2.13. The molecule has 2 rings (SSSR count). The van der Waals surface area contributed by atoms with Crippen molar-refractivity contribution in [2.24, 2.45) is 0 Å². The molecule has 2 nitrogen and oxygen atoms in total. The quantitative estimate of drug-likeness (QED) is 0.895. The van der Waals surface area contributed by atoms with E-state index in [4.69, 9.17) is 11.6 Å². The number of nitrogens with one attached hydrogen (secondary N) is 1. The van der Waals surface area contributed by atoms with Gasteiger partial charge in [0, 0.05) is 17.5 Å². The molecule has 2 aromatic rings. The molecular formula is C14H17ClN2S. The molecule has 0 fully saturated rings. The van der Waals surface area contributed by atoms with E-state index in [2.05, 4.69) is 36.3 Å². The number of aryl methyl sites for hydroxylation is 1. The van der Waals surface area contributed by atoms with Gasteiger partial charge in [-0.2, -0.15) is 0 Å². The maximum Gasteiger partial charge on any atom is 0.0931 e. The SMILES string of the molecule is CCNC(Cc1ccc(Cl)s1)c1cc(C)ccn1. The van der Waals surface area contributed by atoms with Gasteiger partial charge in [0.1, 0.15) is 0 Å². The van der Waals surface area contributed by atoms with Crippen LogP contribution in [-0.2, 0) is 6.42 Å². The van der Waals surface area contributed by atoms with Crippen LogP contribution in [-0.4, -0.2) is 11.5 Å². The maximum atomic E-state index is 5.97. The highest BCUT2D eigenvalue weighted by atomic mass is 35.5. The standard InChI is InChI=1S/C14H17ClN2S/c1-3-16-13(9-11-4-5-14(15)18-11)12-8-10(2)6-7-17-12/h4-8,13,16H,3,9H2,1-2H3. The van der Waals surface area contributed by atoms with Crippen LogP contribution < -0.4 is 5.32 Å². The number of aromatic nitrogens is 1. The van der Waals surface area contributed by atoms with E-state index in [1.807, 2.05) is 18.3 Å². The van der Waals surface area contributed by atoms with E-state index in [0.717, 1.165) is 23.0 Å². The first-order chi connectivity index (χ1) is 8.69. The molecule has 0 bridgehead atoms. The Morgan fingerprint density at radius 2 is 2.22 bits per heavy atom. The van der Waals surface area contributed by atoms with Gasteiger partial charge in [0.15, 0.2) is 0 Å². The molecule has 0 amide bonds. The van der Waals surface area contributed by atoms with Gasteiger partial charge in [-0.15, -0.1) is 11.3 Å². The molecule has 0 aromatic carbocycles. The molecular weight excluding hydrogens is 264 g/mol. The minimum absolute atomic E-state index is 0.254. The number of hydrogen-bond acceptors (Lipinski definition) is 3. The summed E-state index contributed by atoms with van der Waals surface area (Å²) in [6.45, 7) is 5.14. The van der Waals surface area contributed by atoms with Gasteiger partial charge in [0.05, 0.1) is 16.1 Å². The lowest BCUT2D eigenvalue weighted by Gasteiger charge is -2.17. The molecule has 0 saturated carbocycles. The van der Waals surface area contributed by atoms with Crippen LogP contribution >= 0.6 is 22.9 Å². The Kier molecular flexibility index (Phi) is 4.75. The monoisotopic (exact) mass is 280 g/mol.